The number of carbonyl (C=O) groups is 2. The van der Waals surface area contributed by atoms with Crippen LogP contribution in [0.4, 0.5) is 0 Å². The molecule has 0 unspecified atom stereocenters. The van der Waals surface area contributed by atoms with Crippen LogP contribution in [0.5, 0.6) is 0 Å². The van der Waals surface area contributed by atoms with Crippen LogP contribution in [0.3, 0.4) is 0 Å². The fourth-order valence-electron chi connectivity index (χ4n) is 2.02. The maximum absolute atomic E-state index is 12.3. The van der Waals surface area contributed by atoms with Gasteiger partial charge in [0.15, 0.2) is 0 Å². The third-order valence-electron chi connectivity index (χ3n) is 3.10. The van der Waals surface area contributed by atoms with Gasteiger partial charge >= 0.3 is 5.97 Å². The van der Waals surface area contributed by atoms with Crippen molar-refractivity contribution in [1.82, 2.24) is 5.32 Å². The first-order valence-electron chi connectivity index (χ1n) is 6.24. The third kappa shape index (κ3) is 3.56. The molecule has 0 saturated heterocycles. The molecule has 1 rings (SSSR count). The summed E-state index contributed by atoms with van der Waals surface area (Å²) in [7, 11) is 0. The highest BCUT2D eigenvalue weighted by Gasteiger charge is 2.33. The van der Waals surface area contributed by atoms with E-state index in [0.29, 0.717) is 5.56 Å². The summed E-state index contributed by atoms with van der Waals surface area (Å²) in [4.78, 5) is 23.5. The molecule has 0 spiro atoms. The van der Waals surface area contributed by atoms with Crippen LogP contribution in [0.25, 0.3) is 0 Å². The minimum atomic E-state index is -1.02. The molecule has 0 aliphatic rings. The average Bonchev–Trinajstić information content (AvgIpc) is 2.23. The molecule has 4 heteroatoms. The Balaban J connectivity index is 3.05. The number of nitrogens with one attached hydrogen (secondary N) is 1. The number of carbonyl (C=O) groups excluding carboxylic acids is 1. The van der Waals surface area contributed by atoms with Crippen LogP contribution >= 0.6 is 0 Å². The zero-order valence-corrected chi connectivity index (χ0v) is 12.1. The van der Waals surface area contributed by atoms with E-state index in [1.165, 1.54) is 0 Å². The quantitative estimate of drug-likeness (QED) is 0.880. The Morgan fingerprint density at radius 3 is 2.00 bits per heavy atom. The second kappa shape index (κ2) is 5.43. The number of amides is 1. The van der Waals surface area contributed by atoms with E-state index in [2.05, 4.69) is 5.32 Å². The van der Waals surface area contributed by atoms with Crippen LogP contribution in [-0.4, -0.2) is 23.0 Å². The van der Waals surface area contributed by atoms with Gasteiger partial charge in [-0.25, -0.2) is 4.79 Å². The van der Waals surface area contributed by atoms with Crippen LogP contribution < -0.4 is 5.32 Å². The van der Waals surface area contributed by atoms with Crippen molar-refractivity contribution in [2.45, 2.75) is 40.7 Å². The van der Waals surface area contributed by atoms with Gasteiger partial charge in [-0.1, -0.05) is 39.0 Å². The van der Waals surface area contributed by atoms with Gasteiger partial charge in [0.05, 0.1) is 0 Å². The highest BCUT2D eigenvalue weighted by Crippen LogP contribution is 2.21. The van der Waals surface area contributed by atoms with Crippen LogP contribution in [0.1, 0.15) is 42.3 Å². The summed E-state index contributed by atoms with van der Waals surface area (Å²) in [5.41, 5.74) is 1.70. The number of carboxylic acid groups (broad SMARTS) is 1. The van der Waals surface area contributed by atoms with Crippen molar-refractivity contribution < 1.29 is 14.7 Å². The predicted octanol–water partition coefficient (Wildman–Crippen LogP) is 2.53. The van der Waals surface area contributed by atoms with E-state index >= 15 is 0 Å². The highest BCUT2D eigenvalue weighted by atomic mass is 16.4. The molecule has 1 atom stereocenters. The first-order valence-corrected chi connectivity index (χ1v) is 6.24. The minimum Gasteiger partial charge on any atom is -0.480 e. The standard InChI is InChI=1S/C15H21NO3/c1-9-7-6-8-10(2)11(9)13(17)16-12(14(18)19)15(3,4)5/h6-8,12H,1-5H3,(H,16,17)(H,18,19)/t12-/m0/s1. The van der Waals surface area contributed by atoms with Crippen molar-refractivity contribution >= 4 is 11.9 Å². The summed E-state index contributed by atoms with van der Waals surface area (Å²) < 4.78 is 0. The van der Waals surface area contributed by atoms with Crippen molar-refractivity contribution in [3.8, 4) is 0 Å². The monoisotopic (exact) mass is 263 g/mol. The van der Waals surface area contributed by atoms with E-state index in [1.54, 1.807) is 20.8 Å². The Morgan fingerprint density at radius 1 is 1.16 bits per heavy atom. The molecule has 0 aliphatic heterocycles. The van der Waals surface area contributed by atoms with Crippen molar-refractivity contribution in [3.05, 3.63) is 34.9 Å². The maximum Gasteiger partial charge on any atom is 0.326 e. The van der Waals surface area contributed by atoms with Crippen molar-refractivity contribution in [2.24, 2.45) is 5.41 Å². The molecule has 0 saturated carbocycles. The van der Waals surface area contributed by atoms with Crippen LogP contribution in [-0.2, 0) is 4.79 Å². The third-order valence-corrected chi connectivity index (χ3v) is 3.10. The number of carboxylic acids is 1. The van der Waals surface area contributed by atoms with Crippen molar-refractivity contribution in [3.63, 3.8) is 0 Å². The lowest BCUT2D eigenvalue weighted by Crippen LogP contribution is -2.49. The Kier molecular flexibility index (Phi) is 4.35. The smallest absolute Gasteiger partial charge is 0.326 e. The SMILES string of the molecule is Cc1cccc(C)c1C(=O)N[C@@H](C(=O)O)C(C)(C)C. The predicted molar refractivity (Wildman–Crippen MR) is 74.3 cm³/mol. The van der Waals surface area contributed by atoms with E-state index < -0.39 is 17.4 Å². The molecule has 0 aliphatic carbocycles. The lowest BCUT2D eigenvalue weighted by Gasteiger charge is -2.28. The molecule has 0 fully saturated rings. The largest absolute Gasteiger partial charge is 0.480 e. The molecule has 0 bridgehead atoms. The summed E-state index contributed by atoms with van der Waals surface area (Å²) >= 11 is 0. The first-order chi connectivity index (χ1) is 8.64. The lowest BCUT2D eigenvalue weighted by molar-refractivity contribution is -0.142. The average molecular weight is 263 g/mol. The van der Waals surface area contributed by atoms with E-state index in [9.17, 15) is 14.7 Å². The number of hydrogen-bond acceptors (Lipinski definition) is 2. The highest BCUT2D eigenvalue weighted by molar-refractivity contribution is 5.99. The van der Waals surface area contributed by atoms with Crippen LogP contribution in [0.2, 0.25) is 0 Å². The zero-order chi connectivity index (χ0) is 14.8. The van der Waals surface area contributed by atoms with Gasteiger partial charge in [-0.2, -0.15) is 0 Å². The number of aliphatic carboxylic acids is 1. The van der Waals surface area contributed by atoms with Gasteiger partial charge in [0.2, 0.25) is 0 Å². The van der Waals surface area contributed by atoms with Crippen molar-refractivity contribution in [2.75, 3.05) is 0 Å². The summed E-state index contributed by atoms with van der Waals surface area (Å²) in [5, 5.41) is 11.8. The summed E-state index contributed by atoms with van der Waals surface area (Å²) in [6.45, 7) is 9.05. The number of hydrogen-bond donors (Lipinski definition) is 2. The van der Waals surface area contributed by atoms with Gasteiger partial charge in [0, 0.05) is 5.56 Å². The summed E-state index contributed by atoms with van der Waals surface area (Å²) in [6, 6.07) is 4.64. The molecule has 4 nitrogen and oxygen atoms in total. The second-order valence-electron chi connectivity index (χ2n) is 5.88. The van der Waals surface area contributed by atoms with Gasteiger partial charge < -0.3 is 10.4 Å². The van der Waals surface area contributed by atoms with E-state index in [0.717, 1.165) is 11.1 Å². The molecule has 2 N–H and O–H groups in total. The topological polar surface area (TPSA) is 66.4 Å². The maximum atomic E-state index is 12.3. The molecule has 0 heterocycles. The molecule has 0 radical (unpaired) electrons. The van der Waals surface area contributed by atoms with E-state index in [1.807, 2.05) is 32.0 Å². The first kappa shape index (κ1) is 15.2. The molecule has 1 aromatic carbocycles. The van der Waals surface area contributed by atoms with Gasteiger partial charge in [0.25, 0.3) is 5.91 Å². The Hall–Kier alpha value is -1.84. The Labute approximate surface area is 113 Å². The molecular formula is C15H21NO3. The Morgan fingerprint density at radius 2 is 1.63 bits per heavy atom. The van der Waals surface area contributed by atoms with E-state index in [4.69, 9.17) is 0 Å². The fraction of sp³-hybridized carbons (Fsp3) is 0.467. The van der Waals surface area contributed by atoms with Gasteiger partial charge in [-0.05, 0) is 30.4 Å². The number of aryl methyl sites for hydroxylation is 2. The van der Waals surface area contributed by atoms with E-state index in [-0.39, 0.29) is 5.91 Å². The number of rotatable bonds is 3. The van der Waals surface area contributed by atoms with Gasteiger partial charge in [-0.15, -0.1) is 0 Å². The zero-order valence-electron chi connectivity index (χ0n) is 12.1. The molecule has 104 valence electrons. The van der Waals surface area contributed by atoms with Gasteiger partial charge in [-0.3, -0.25) is 4.79 Å². The van der Waals surface area contributed by atoms with Gasteiger partial charge in [0.1, 0.15) is 6.04 Å². The summed E-state index contributed by atoms with van der Waals surface area (Å²) in [5.74, 6) is -1.36. The molecule has 0 aromatic heterocycles. The molecule has 19 heavy (non-hydrogen) atoms. The molecule has 1 aromatic rings. The molecular weight excluding hydrogens is 242 g/mol. The normalized spacial score (nSPS) is 12.9. The molecule has 1 amide bonds. The second-order valence-corrected chi connectivity index (χ2v) is 5.88. The summed E-state index contributed by atoms with van der Waals surface area (Å²) in [6.07, 6.45) is 0. The number of benzene rings is 1. The van der Waals surface area contributed by atoms with Crippen molar-refractivity contribution in [1.29, 1.82) is 0 Å². The van der Waals surface area contributed by atoms with Crippen LogP contribution in [0.15, 0.2) is 18.2 Å². The fourth-order valence-corrected chi connectivity index (χ4v) is 2.02. The van der Waals surface area contributed by atoms with Crippen LogP contribution in [0, 0.1) is 19.3 Å². The minimum absolute atomic E-state index is 0.335. The Bertz CT molecular complexity index is 480. The lowest BCUT2D eigenvalue weighted by atomic mass is 9.86.